The minimum atomic E-state index is -0.411. The van der Waals surface area contributed by atoms with Gasteiger partial charge in [0.1, 0.15) is 5.82 Å². The van der Waals surface area contributed by atoms with Crippen LogP contribution in [0.1, 0.15) is 19.3 Å². The van der Waals surface area contributed by atoms with Crippen LogP contribution in [0.5, 0.6) is 0 Å². The third-order valence-corrected chi connectivity index (χ3v) is 2.67. The molecule has 0 aliphatic heterocycles. The summed E-state index contributed by atoms with van der Waals surface area (Å²) in [5.74, 6) is -0.324. The summed E-state index contributed by atoms with van der Waals surface area (Å²) in [7, 11) is 0. The van der Waals surface area contributed by atoms with Crippen LogP contribution in [-0.4, -0.2) is 5.78 Å². The molecule has 0 radical (unpaired) electrons. The monoisotopic (exact) mass is 239 g/mol. The van der Waals surface area contributed by atoms with Gasteiger partial charge in [-0.1, -0.05) is 11.6 Å². The summed E-state index contributed by atoms with van der Waals surface area (Å²) in [6.07, 6.45) is 3.70. The number of benzene rings is 1. The van der Waals surface area contributed by atoms with Crippen molar-refractivity contribution in [3.63, 3.8) is 0 Å². The van der Waals surface area contributed by atoms with Crippen LogP contribution < -0.4 is 5.32 Å². The van der Waals surface area contributed by atoms with Crippen LogP contribution in [0.25, 0.3) is 0 Å². The largest absolute Gasteiger partial charge is 0.356 e. The Morgan fingerprint density at radius 3 is 2.81 bits per heavy atom. The SMILES string of the molecule is O=C1C=C(Nc2ccc(Cl)cc2F)CCC1. The van der Waals surface area contributed by atoms with Gasteiger partial charge in [0.25, 0.3) is 0 Å². The first kappa shape index (κ1) is 11.1. The Bertz CT molecular complexity index is 456. The fourth-order valence-corrected chi connectivity index (χ4v) is 1.81. The Labute approximate surface area is 98.1 Å². The molecule has 1 aromatic rings. The number of rotatable bonds is 2. The lowest BCUT2D eigenvalue weighted by molar-refractivity contribution is -0.115. The predicted molar refractivity (Wildman–Crippen MR) is 62.0 cm³/mol. The number of ketones is 1. The first-order valence-corrected chi connectivity index (χ1v) is 5.48. The van der Waals surface area contributed by atoms with Gasteiger partial charge in [-0.3, -0.25) is 4.79 Å². The average Bonchev–Trinajstić information content (AvgIpc) is 2.22. The van der Waals surface area contributed by atoms with Crippen molar-refractivity contribution < 1.29 is 9.18 Å². The molecule has 16 heavy (non-hydrogen) atoms. The van der Waals surface area contributed by atoms with E-state index >= 15 is 0 Å². The Morgan fingerprint density at radius 2 is 2.12 bits per heavy atom. The molecule has 0 spiro atoms. The van der Waals surface area contributed by atoms with Crippen molar-refractivity contribution in [2.45, 2.75) is 19.3 Å². The molecule has 1 N–H and O–H groups in total. The Morgan fingerprint density at radius 1 is 1.31 bits per heavy atom. The van der Waals surface area contributed by atoms with Crippen LogP contribution in [0.15, 0.2) is 30.0 Å². The fraction of sp³-hybridized carbons (Fsp3) is 0.250. The van der Waals surface area contributed by atoms with Gasteiger partial charge >= 0.3 is 0 Å². The van der Waals surface area contributed by atoms with Crippen molar-refractivity contribution in [2.75, 3.05) is 5.32 Å². The van der Waals surface area contributed by atoms with E-state index in [0.717, 1.165) is 18.5 Å². The van der Waals surface area contributed by atoms with Crippen molar-refractivity contribution in [2.24, 2.45) is 0 Å². The molecule has 0 unspecified atom stereocenters. The number of allylic oxidation sites excluding steroid dienone is 2. The molecule has 0 fully saturated rings. The zero-order valence-electron chi connectivity index (χ0n) is 8.59. The fourth-order valence-electron chi connectivity index (χ4n) is 1.65. The molecule has 0 saturated heterocycles. The zero-order chi connectivity index (χ0) is 11.5. The number of hydrogen-bond acceptors (Lipinski definition) is 2. The molecule has 0 saturated carbocycles. The molecular formula is C12H11ClFNO. The van der Waals surface area contributed by atoms with E-state index in [0.29, 0.717) is 17.1 Å². The topological polar surface area (TPSA) is 29.1 Å². The van der Waals surface area contributed by atoms with Crippen molar-refractivity contribution in [1.29, 1.82) is 0 Å². The van der Waals surface area contributed by atoms with Gasteiger partial charge in [-0.15, -0.1) is 0 Å². The van der Waals surface area contributed by atoms with Gasteiger partial charge in [0.15, 0.2) is 5.78 Å². The van der Waals surface area contributed by atoms with Crippen molar-refractivity contribution in [1.82, 2.24) is 0 Å². The van der Waals surface area contributed by atoms with Gasteiger partial charge in [-0.25, -0.2) is 4.39 Å². The van der Waals surface area contributed by atoms with E-state index in [1.807, 2.05) is 0 Å². The third kappa shape index (κ3) is 2.61. The van der Waals surface area contributed by atoms with Crippen molar-refractivity contribution in [3.05, 3.63) is 40.8 Å². The van der Waals surface area contributed by atoms with Crippen LogP contribution in [0, 0.1) is 5.82 Å². The van der Waals surface area contributed by atoms with E-state index in [4.69, 9.17) is 11.6 Å². The smallest absolute Gasteiger partial charge is 0.157 e. The molecule has 1 aromatic carbocycles. The minimum Gasteiger partial charge on any atom is -0.356 e. The standard InChI is InChI=1S/C12H11ClFNO/c13-8-4-5-12(11(14)6-8)15-9-2-1-3-10(16)7-9/h4-7,15H,1-3H2. The first-order valence-electron chi connectivity index (χ1n) is 5.10. The second-order valence-electron chi connectivity index (χ2n) is 3.74. The van der Waals surface area contributed by atoms with Crippen molar-refractivity contribution in [3.8, 4) is 0 Å². The normalized spacial score (nSPS) is 15.9. The molecule has 2 nitrogen and oxygen atoms in total. The highest BCUT2D eigenvalue weighted by molar-refractivity contribution is 6.30. The summed E-state index contributed by atoms with van der Waals surface area (Å²) >= 11 is 5.65. The maximum absolute atomic E-state index is 13.4. The summed E-state index contributed by atoms with van der Waals surface area (Å²) in [5, 5.41) is 3.27. The van der Waals surface area contributed by atoms with Crippen LogP contribution in [0.4, 0.5) is 10.1 Å². The maximum atomic E-state index is 13.4. The minimum absolute atomic E-state index is 0.0862. The number of carbonyl (C=O) groups excluding carboxylic acids is 1. The number of halogens is 2. The van der Waals surface area contributed by atoms with Crippen LogP contribution >= 0.6 is 11.6 Å². The molecule has 0 heterocycles. The summed E-state index contributed by atoms with van der Waals surface area (Å²) in [6, 6.07) is 4.42. The van der Waals surface area contributed by atoms with Crippen LogP contribution in [-0.2, 0) is 4.79 Å². The lowest BCUT2D eigenvalue weighted by Crippen LogP contribution is -2.09. The quantitative estimate of drug-likeness (QED) is 0.856. The molecule has 2 rings (SSSR count). The van der Waals surface area contributed by atoms with Gasteiger partial charge in [-0.2, -0.15) is 0 Å². The Hall–Kier alpha value is -1.35. The van der Waals surface area contributed by atoms with Gasteiger partial charge in [-0.05, 0) is 31.0 Å². The van der Waals surface area contributed by atoms with Crippen molar-refractivity contribution >= 4 is 23.1 Å². The van der Waals surface area contributed by atoms with E-state index in [-0.39, 0.29) is 5.78 Å². The zero-order valence-corrected chi connectivity index (χ0v) is 9.35. The highest BCUT2D eigenvalue weighted by Crippen LogP contribution is 2.23. The maximum Gasteiger partial charge on any atom is 0.157 e. The van der Waals surface area contributed by atoms with Gasteiger partial charge in [0.2, 0.25) is 0 Å². The number of hydrogen-bond donors (Lipinski definition) is 1. The Kier molecular flexibility index (Phi) is 3.25. The lowest BCUT2D eigenvalue weighted by atomic mass is 10.0. The molecular weight excluding hydrogens is 229 g/mol. The average molecular weight is 240 g/mol. The summed E-state index contributed by atoms with van der Waals surface area (Å²) in [6.45, 7) is 0. The third-order valence-electron chi connectivity index (χ3n) is 2.43. The molecule has 0 bridgehead atoms. The Balaban J connectivity index is 2.17. The number of carbonyl (C=O) groups is 1. The van der Waals surface area contributed by atoms with E-state index < -0.39 is 5.82 Å². The second kappa shape index (κ2) is 4.66. The molecule has 4 heteroatoms. The van der Waals surface area contributed by atoms with Gasteiger partial charge < -0.3 is 5.32 Å². The summed E-state index contributed by atoms with van der Waals surface area (Å²) in [4.78, 5) is 11.2. The molecule has 84 valence electrons. The first-order chi connectivity index (χ1) is 7.65. The van der Waals surface area contributed by atoms with Gasteiger partial charge in [0.05, 0.1) is 5.69 Å². The van der Waals surface area contributed by atoms with Crippen LogP contribution in [0.3, 0.4) is 0 Å². The van der Waals surface area contributed by atoms with E-state index in [2.05, 4.69) is 5.32 Å². The summed E-state index contributed by atoms with van der Waals surface area (Å²) < 4.78 is 13.4. The highest BCUT2D eigenvalue weighted by atomic mass is 35.5. The highest BCUT2D eigenvalue weighted by Gasteiger charge is 2.11. The molecule has 0 amide bonds. The summed E-state index contributed by atoms with van der Waals surface area (Å²) in [5.41, 5.74) is 1.11. The number of nitrogens with one attached hydrogen (secondary N) is 1. The molecule has 0 atom stereocenters. The molecule has 1 aliphatic carbocycles. The van der Waals surface area contributed by atoms with E-state index in [1.165, 1.54) is 12.1 Å². The lowest BCUT2D eigenvalue weighted by Gasteiger charge is -2.14. The molecule has 0 aromatic heterocycles. The second-order valence-corrected chi connectivity index (χ2v) is 4.18. The van der Waals surface area contributed by atoms with E-state index in [9.17, 15) is 9.18 Å². The molecule has 1 aliphatic rings. The van der Waals surface area contributed by atoms with E-state index in [1.54, 1.807) is 12.1 Å². The predicted octanol–water partition coefficient (Wildman–Crippen LogP) is 3.53. The van der Waals surface area contributed by atoms with Gasteiger partial charge in [0, 0.05) is 23.2 Å². The number of anilines is 1. The van der Waals surface area contributed by atoms with Crippen LogP contribution in [0.2, 0.25) is 5.02 Å².